The standard InChI is InChI=1S/C17H26N2O2/c1-11-8-12(2)15-13(9-11)10-19(7-6-14(15)18)16(20)21-17(3,4)5/h8-9,14H,6-7,10,18H2,1-5H3/t14-/m1/s1. The van der Waals surface area contributed by atoms with Crippen LogP contribution < -0.4 is 5.73 Å². The Bertz CT molecular complexity index is 546. The molecule has 1 atom stereocenters. The molecule has 0 unspecified atom stereocenters. The van der Waals surface area contributed by atoms with Gasteiger partial charge in [0, 0.05) is 19.1 Å². The van der Waals surface area contributed by atoms with E-state index in [-0.39, 0.29) is 12.1 Å². The van der Waals surface area contributed by atoms with Crippen molar-refractivity contribution in [2.45, 2.75) is 59.2 Å². The number of carbonyl (C=O) groups is 1. The van der Waals surface area contributed by atoms with E-state index >= 15 is 0 Å². The second-order valence-electron chi connectivity index (χ2n) is 6.95. The van der Waals surface area contributed by atoms with Crippen molar-refractivity contribution in [3.05, 3.63) is 34.4 Å². The molecule has 21 heavy (non-hydrogen) atoms. The molecule has 116 valence electrons. The Labute approximate surface area is 127 Å². The second kappa shape index (κ2) is 5.68. The first kappa shape index (κ1) is 15.8. The van der Waals surface area contributed by atoms with Crippen LogP contribution in [0.1, 0.15) is 55.5 Å². The zero-order chi connectivity index (χ0) is 15.8. The van der Waals surface area contributed by atoms with Gasteiger partial charge in [0.15, 0.2) is 0 Å². The van der Waals surface area contributed by atoms with Gasteiger partial charge >= 0.3 is 6.09 Å². The van der Waals surface area contributed by atoms with Crippen molar-refractivity contribution < 1.29 is 9.53 Å². The highest BCUT2D eigenvalue weighted by atomic mass is 16.6. The molecule has 0 bridgehead atoms. The molecule has 1 aliphatic heterocycles. The number of rotatable bonds is 0. The van der Waals surface area contributed by atoms with Crippen LogP contribution in [0.5, 0.6) is 0 Å². The Morgan fingerprint density at radius 2 is 2.00 bits per heavy atom. The highest BCUT2D eigenvalue weighted by Gasteiger charge is 2.27. The summed E-state index contributed by atoms with van der Waals surface area (Å²) in [6, 6.07) is 4.26. The fraction of sp³-hybridized carbons (Fsp3) is 0.588. The number of hydrogen-bond acceptors (Lipinski definition) is 3. The van der Waals surface area contributed by atoms with Crippen molar-refractivity contribution in [1.29, 1.82) is 0 Å². The monoisotopic (exact) mass is 290 g/mol. The Morgan fingerprint density at radius 1 is 1.33 bits per heavy atom. The van der Waals surface area contributed by atoms with Gasteiger partial charge in [-0.25, -0.2) is 4.79 Å². The molecule has 0 radical (unpaired) electrons. The predicted octanol–water partition coefficient (Wildman–Crippen LogP) is 3.44. The molecule has 4 nitrogen and oxygen atoms in total. The summed E-state index contributed by atoms with van der Waals surface area (Å²) in [7, 11) is 0. The van der Waals surface area contributed by atoms with Gasteiger partial charge in [-0.15, -0.1) is 0 Å². The molecule has 2 N–H and O–H groups in total. The topological polar surface area (TPSA) is 55.6 Å². The SMILES string of the molecule is Cc1cc(C)c2c(c1)CN(C(=O)OC(C)(C)C)CC[C@H]2N. The average Bonchev–Trinajstić information content (AvgIpc) is 2.46. The summed E-state index contributed by atoms with van der Waals surface area (Å²) in [5.74, 6) is 0. The van der Waals surface area contributed by atoms with E-state index in [0.717, 1.165) is 12.0 Å². The first-order valence-corrected chi connectivity index (χ1v) is 7.51. The third-order valence-electron chi connectivity index (χ3n) is 3.71. The lowest BCUT2D eigenvalue weighted by molar-refractivity contribution is 0.0235. The lowest BCUT2D eigenvalue weighted by Crippen LogP contribution is -2.36. The van der Waals surface area contributed by atoms with Gasteiger partial charge in [-0.05, 0) is 57.7 Å². The molecule has 2 rings (SSSR count). The number of hydrogen-bond donors (Lipinski definition) is 1. The Balaban J connectivity index is 2.29. The third-order valence-corrected chi connectivity index (χ3v) is 3.71. The minimum atomic E-state index is -0.475. The van der Waals surface area contributed by atoms with Crippen LogP contribution in [0.4, 0.5) is 4.79 Å². The molecule has 0 saturated heterocycles. The quantitative estimate of drug-likeness (QED) is 0.796. The molecule has 0 spiro atoms. The largest absolute Gasteiger partial charge is 0.444 e. The molecule has 0 fully saturated rings. The smallest absolute Gasteiger partial charge is 0.410 e. The lowest BCUT2D eigenvalue weighted by Gasteiger charge is -2.26. The van der Waals surface area contributed by atoms with Crippen molar-refractivity contribution in [3.63, 3.8) is 0 Å². The zero-order valence-electron chi connectivity index (χ0n) is 13.7. The van der Waals surface area contributed by atoms with Crippen LogP contribution in [-0.2, 0) is 11.3 Å². The Kier molecular flexibility index (Phi) is 4.28. The van der Waals surface area contributed by atoms with Gasteiger partial charge in [0.2, 0.25) is 0 Å². The maximum atomic E-state index is 12.3. The van der Waals surface area contributed by atoms with Crippen LogP contribution >= 0.6 is 0 Å². The van der Waals surface area contributed by atoms with Gasteiger partial charge < -0.3 is 15.4 Å². The zero-order valence-corrected chi connectivity index (χ0v) is 13.7. The summed E-state index contributed by atoms with van der Waals surface area (Å²) in [5.41, 5.74) is 10.6. The van der Waals surface area contributed by atoms with Crippen molar-refractivity contribution in [2.75, 3.05) is 6.54 Å². The molecular weight excluding hydrogens is 264 g/mol. The molecule has 0 aliphatic carbocycles. The van der Waals surface area contributed by atoms with Gasteiger partial charge in [0.25, 0.3) is 0 Å². The Morgan fingerprint density at radius 3 is 2.62 bits per heavy atom. The van der Waals surface area contributed by atoms with E-state index in [0.29, 0.717) is 13.1 Å². The summed E-state index contributed by atoms with van der Waals surface area (Å²) < 4.78 is 5.49. The van der Waals surface area contributed by atoms with E-state index in [4.69, 9.17) is 10.5 Å². The average molecular weight is 290 g/mol. The van der Waals surface area contributed by atoms with E-state index in [1.165, 1.54) is 16.7 Å². The van der Waals surface area contributed by atoms with Crippen molar-refractivity contribution in [1.82, 2.24) is 4.90 Å². The first-order valence-electron chi connectivity index (χ1n) is 7.51. The minimum Gasteiger partial charge on any atom is -0.444 e. The maximum absolute atomic E-state index is 12.3. The number of carbonyl (C=O) groups excluding carboxylic acids is 1. The maximum Gasteiger partial charge on any atom is 0.410 e. The van der Waals surface area contributed by atoms with E-state index < -0.39 is 5.60 Å². The molecule has 1 aliphatic rings. The van der Waals surface area contributed by atoms with E-state index in [2.05, 4.69) is 26.0 Å². The number of ether oxygens (including phenoxy) is 1. The molecule has 0 saturated carbocycles. The normalized spacial score (nSPS) is 19.0. The number of fused-ring (bicyclic) bond motifs is 1. The number of nitrogens with two attached hydrogens (primary N) is 1. The predicted molar refractivity (Wildman–Crippen MR) is 84.1 cm³/mol. The third kappa shape index (κ3) is 3.76. The van der Waals surface area contributed by atoms with Gasteiger partial charge in [-0.3, -0.25) is 0 Å². The van der Waals surface area contributed by atoms with Crippen LogP contribution in [0.3, 0.4) is 0 Å². The molecular formula is C17H26N2O2. The summed E-state index contributed by atoms with van der Waals surface area (Å²) >= 11 is 0. The molecule has 1 amide bonds. The molecule has 1 aromatic rings. The summed E-state index contributed by atoms with van der Waals surface area (Å²) in [6.45, 7) is 11.0. The second-order valence-corrected chi connectivity index (χ2v) is 6.95. The number of aryl methyl sites for hydroxylation is 2. The van der Waals surface area contributed by atoms with Crippen molar-refractivity contribution >= 4 is 6.09 Å². The van der Waals surface area contributed by atoms with Crippen LogP contribution in [0, 0.1) is 13.8 Å². The van der Waals surface area contributed by atoms with E-state index in [1.54, 1.807) is 4.90 Å². The first-order chi connectivity index (χ1) is 9.67. The van der Waals surface area contributed by atoms with Gasteiger partial charge in [-0.2, -0.15) is 0 Å². The highest BCUT2D eigenvalue weighted by molar-refractivity contribution is 5.68. The lowest BCUT2D eigenvalue weighted by atomic mass is 9.93. The van der Waals surface area contributed by atoms with Crippen molar-refractivity contribution in [2.24, 2.45) is 5.73 Å². The Hall–Kier alpha value is -1.55. The summed E-state index contributed by atoms with van der Waals surface area (Å²) in [6.07, 6.45) is 0.498. The van der Waals surface area contributed by atoms with Crippen LogP contribution in [0.15, 0.2) is 12.1 Å². The molecule has 1 heterocycles. The fourth-order valence-corrected chi connectivity index (χ4v) is 2.93. The highest BCUT2D eigenvalue weighted by Crippen LogP contribution is 2.29. The molecule has 4 heteroatoms. The van der Waals surface area contributed by atoms with Gasteiger partial charge in [0.1, 0.15) is 5.60 Å². The van der Waals surface area contributed by atoms with Crippen LogP contribution in [-0.4, -0.2) is 23.1 Å². The summed E-state index contributed by atoms with van der Waals surface area (Å²) in [5, 5.41) is 0. The van der Waals surface area contributed by atoms with Gasteiger partial charge in [-0.1, -0.05) is 17.7 Å². The number of amides is 1. The van der Waals surface area contributed by atoms with Crippen LogP contribution in [0.2, 0.25) is 0 Å². The van der Waals surface area contributed by atoms with E-state index in [1.807, 2.05) is 20.8 Å². The summed E-state index contributed by atoms with van der Waals surface area (Å²) in [4.78, 5) is 14.1. The minimum absolute atomic E-state index is 0.0203. The molecule has 1 aromatic carbocycles. The van der Waals surface area contributed by atoms with Crippen molar-refractivity contribution in [3.8, 4) is 0 Å². The fourth-order valence-electron chi connectivity index (χ4n) is 2.93. The molecule has 0 aromatic heterocycles. The van der Waals surface area contributed by atoms with Crippen LogP contribution in [0.25, 0.3) is 0 Å². The van der Waals surface area contributed by atoms with E-state index in [9.17, 15) is 4.79 Å². The number of benzene rings is 1. The number of nitrogens with zero attached hydrogens (tertiary/aromatic N) is 1. The van der Waals surface area contributed by atoms with Gasteiger partial charge in [0.05, 0.1) is 0 Å².